The van der Waals surface area contributed by atoms with E-state index in [0.29, 0.717) is 5.82 Å². The van der Waals surface area contributed by atoms with Crippen LogP contribution in [-0.2, 0) is 0 Å². The van der Waals surface area contributed by atoms with E-state index in [9.17, 15) is 0 Å². The van der Waals surface area contributed by atoms with Crippen LogP contribution in [0, 0.1) is 13.8 Å². The third kappa shape index (κ3) is 6.84. The fraction of sp³-hybridized carbons (Fsp3) is 0.0303. The van der Waals surface area contributed by atoms with Crippen molar-refractivity contribution in [1.29, 1.82) is 0 Å². The molecule has 13 rings (SSSR count). The van der Waals surface area contributed by atoms with Crippen molar-refractivity contribution in [2.24, 2.45) is 0 Å². The third-order valence-corrected chi connectivity index (χ3v) is 14.1. The largest absolute Gasteiger partial charge is 0.309 e. The fourth-order valence-corrected chi connectivity index (χ4v) is 10.8. The third-order valence-electron chi connectivity index (χ3n) is 14.1. The molecule has 13 aromatic rings. The van der Waals surface area contributed by atoms with Gasteiger partial charge >= 0.3 is 0 Å². The van der Waals surface area contributed by atoms with Crippen LogP contribution in [0.25, 0.3) is 122 Å². The first kappa shape index (κ1) is 41.1. The van der Waals surface area contributed by atoms with Gasteiger partial charge in [0.05, 0.1) is 44.8 Å². The molecule has 0 aliphatic heterocycles. The Morgan fingerprint density at radius 3 is 1.24 bits per heavy atom. The quantitative estimate of drug-likeness (QED) is 0.152. The molecular formula is C66H46N4. The Balaban J connectivity index is 1.13. The van der Waals surface area contributed by atoms with Gasteiger partial charge in [-0.1, -0.05) is 188 Å². The highest BCUT2D eigenvalue weighted by molar-refractivity contribution is 6.13. The molecule has 4 nitrogen and oxygen atoms in total. The molecule has 10 aromatic carbocycles. The number of fused-ring (bicyclic) bond motifs is 6. The van der Waals surface area contributed by atoms with E-state index in [1.54, 1.807) is 0 Å². The van der Waals surface area contributed by atoms with E-state index in [1.807, 2.05) is 0 Å². The number of aryl methyl sites for hydroxylation is 2. The molecule has 0 saturated heterocycles. The van der Waals surface area contributed by atoms with Gasteiger partial charge in [-0.3, -0.25) is 0 Å². The number of hydrogen-bond acceptors (Lipinski definition) is 2. The lowest BCUT2D eigenvalue weighted by Crippen LogP contribution is -2.04. The topological polar surface area (TPSA) is 35.6 Å². The summed E-state index contributed by atoms with van der Waals surface area (Å²) in [5.41, 5.74) is 20.8. The van der Waals surface area contributed by atoms with E-state index in [0.717, 1.165) is 72.6 Å². The van der Waals surface area contributed by atoms with Gasteiger partial charge in [0.1, 0.15) is 0 Å². The summed E-state index contributed by atoms with van der Waals surface area (Å²) in [6.45, 7) is 4.38. The fourth-order valence-electron chi connectivity index (χ4n) is 10.8. The maximum atomic E-state index is 5.50. The van der Waals surface area contributed by atoms with Gasteiger partial charge in [0.2, 0.25) is 0 Å². The second-order valence-electron chi connectivity index (χ2n) is 18.2. The molecule has 0 N–H and O–H groups in total. The molecule has 0 unspecified atom stereocenters. The first-order valence-corrected chi connectivity index (χ1v) is 24.0. The summed E-state index contributed by atoms with van der Waals surface area (Å²) in [7, 11) is 0. The van der Waals surface area contributed by atoms with Crippen molar-refractivity contribution in [3.8, 4) is 78.7 Å². The summed E-state index contributed by atoms with van der Waals surface area (Å²) in [4.78, 5) is 11.0. The maximum Gasteiger partial charge on any atom is 0.161 e. The van der Waals surface area contributed by atoms with E-state index in [4.69, 9.17) is 9.97 Å². The molecule has 0 spiro atoms. The minimum Gasteiger partial charge on any atom is -0.309 e. The SMILES string of the molecule is Cc1ccccc1-c1ccc2c(c1)c1ccccc1n2-c1ccccc1-c1c(-c2nc(-c3ccccc3)cc(-c3ccccc3)n2)cccc1-n1c2ccccc2c2cc(-c3ccccc3C)ccc21. The molecule has 0 aliphatic carbocycles. The lowest BCUT2D eigenvalue weighted by atomic mass is 9.94. The highest BCUT2D eigenvalue weighted by Gasteiger charge is 2.25. The highest BCUT2D eigenvalue weighted by Crippen LogP contribution is 2.46. The number of nitrogens with zero attached hydrogens (tertiary/aromatic N) is 4. The number of hydrogen-bond donors (Lipinski definition) is 0. The van der Waals surface area contributed by atoms with Gasteiger partial charge in [-0.2, -0.15) is 0 Å². The summed E-state index contributed by atoms with van der Waals surface area (Å²) >= 11 is 0. The van der Waals surface area contributed by atoms with Crippen LogP contribution in [0.4, 0.5) is 0 Å². The van der Waals surface area contributed by atoms with Crippen molar-refractivity contribution >= 4 is 43.6 Å². The monoisotopic (exact) mass is 894 g/mol. The van der Waals surface area contributed by atoms with Crippen molar-refractivity contribution in [3.05, 3.63) is 254 Å². The standard InChI is InChI=1S/C66H46N4/c1-43-20-9-11-26-49(43)47-36-38-62-55(40-47)51-28-13-16-32-59(51)69(62)61-34-18-15-30-53(61)65-54(66-67-57(45-22-5-3-6-23-45)42-58(68-66)46-24-7-4-8-25-46)31-19-35-64(65)70-60-33-17-14-29-52(60)56-41-48(37-39-63(56)70)50-27-12-10-21-44(50)2/h3-42H,1-2H3. The Morgan fingerprint density at radius 1 is 0.286 bits per heavy atom. The van der Waals surface area contributed by atoms with Gasteiger partial charge in [0, 0.05) is 49.4 Å². The Hall–Kier alpha value is -9.12. The highest BCUT2D eigenvalue weighted by atomic mass is 15.0. The van der Waals surface area contributed by atoms with Gasteiger partial charge in [0.15, 0.2) is 5.82 Å². The smallest absolute Gasteiger partial charge is 0.161 e. The lowest BCUT2D eigenvalue weighted by Gasteiger charge is -2.21. The molecular weight excluding hydrogens is 849 g/mol. The molecule has 3 heterocycles. The average Bonchev–Trinajstić information content (AvgIpc) is 3.93. The molecule has 0 amide bonds. The second-order valence-corrected chi connectivity index (χ2v) is 18.2. The Kier molecular flexibility index (Phi) is 9.91. The van der Waals surface area contributed by atoms with Crippen LogP contribution in [-0.4, -0.2) is 19.1 Å². The van der Waals surface area contributed by atoms with Crippen LogP contribution in [0.5, 0.6) is 0 Å². The van der Waals surface area contributed by atoms with Crippen molar-refractivity contribution < 1.29 is 0 Å². The van der Waals surface area contributed by atoms with Crippen LogP contribution < -0.4 is 0 Å². The average molecular weight is 895 g/mol. The molecule has 0 bridgehead atoms. The summed E-state index contributed by atoms with van der Waals surface area (Å²) in [5, 5.41) is 4.80. The Bertz CT molecular complexity index is 4080. The molecule has 0 fully saturated rings. The van der Waals surface area contributed by atoms with E-state index in [2.05, 4.69) is 266 Å². The summed E-state index contributed by atoms with van der Waals surface area (Å²) in [6, 6.07) is 87.4. The Morgan fingerprint density at radius 2 is 0.700 bits per heavy atom. The first-order chi connectivity index (χ1) is 34.6. The molecule has 0 aliphatic rings. The second kappa shape index (κ2) is 16.9. The summed E-state index contributed by atoms with van der Waals surface area (Å²) in [6.07, 6.45) is 0. The Labute approximate surface area is 407 Å². The van der Waals surface area contributed by atoms with Crippen LogP contribution in [0.1, 0.15) is 11.1 Å². The van der Waals surface area contributed by atoms with Gasteiger partial charge in [0.25, 0.3) is 0 Å². The van der Waals surface area contributed by atoms with Gasteiger partial charge < -0.3 is 9.13 Å². The van der Waals surface area contributed by atoms with Gasteiger partial charge in [-0.15, -0.1) is 0 Å². The summed E-state index contributed by atoms with van der Waals surface area (Å²) < 4.78 is 4.92. The van der Waals surface area contributed by atoms with E-state index < -0.39 is 0 Å². The zero-order chi connectivity index (χ0) is 46.7. The number of aromatic nitrogens is 4. The normalized spacial score (nSPS) is 11.6. The van der Waals surface area contributed by atoms with Crippen molar-refractivity contribution in [1.82, 2.24) is 19.1 Å². The zero-order valence-corrected chi connectivity index (χ0v) is 38.9. The van der Waals surface area contributed by atoms with Crippen molar-refractivity contribution in [2.75, 3.05) is 0 Å². The zero-order valence-electron chi connectivity index (χ0n) is 38.9. The van der Waals surface area contributed by atoms with Crippen molar-refractivity contribution in [3.63, 3.8) is 0 Å². The predicted octanol–water partition coefficient (Wildman–Crippen LogP) is 17.3. The number of para-hydroxylation sites is 3. The molecule has 0 saturated carbocycles. The minimum atomic E-state index is 0.652. The number of rotatable bonds is 8. The van der Waals surface area contributed by atoms with Crippen LogP contribution in [0.2, 0.25) is 0 Å². The molecule has 3 aromatic heterocycles. The number of benzene rings is 10. The summed E-state index contributed by atoms with van der Waals surface area (Å²) in [5.74, 6) is 0.652. The van der Waals surface area contributed by atoms with E-state index >= 15 is 0 Å². The van der Waals surface area contributed by atoms with Gasteiger partial charge in [-0.25, -0.2) is 9.97 Å². The van der Waals surface area contributed by atoms with E-state index in [1.165, 1.54) is 54.9 Å². The molecule has 330 valence electrons. The molecule has 70 heavy (non-hydrogen) atoms. The molecule has 0 atom stereocenters. The minimum absolute atomic E-state index is 0.652. The molecule has 0 radical (unpaired) electrons. The van der Waals surface area contributed by atoms with Crippen molar-refractivity contribution in [2.45, 2.75) is 13.8 Å². The lowest BCUT2D eigenvalue weighted by molar-refractivity contribution is 1.15. The maximum absolute atomic E-state index is 5.50. The van der Waals surface area contributed by atoms with Gasteiger partial charge in [-0.05, 0) is 102 Å². The van der Waals surface area contributed by atoms with Crippen LogP contribution in [0.3, 0.4) is 0 Å². The van der Waals surface area contributed by atoms with E-state index in [-0.39, 0.29) is 0 Å². The van der Waals surface area contributed by atoms with Crippen LogP contribution >= 0.6 is 0 Å². The predicted molar refractivity (Wildman–Crippen MR) is 293 cm³/mol. The first-order valence-electron chi connectivity index (χ1n) is 24.0. The molecule has 4 heteroatoms. The van der Waals surface area contributed by atoms with Crippen LogP contribution in [0.15, 0.2) is 243 Å².